The van der Waals surface area contributed by atoms with Crippen molar-refractivity contribution in [2.24, 2.45) is 0 Å². The minimum atomic E-state index is -4.67. The van der Waals surface area contributed by atoms with E-state index in [9.17, 15) is 0 Å². The molecule has 0 aromatic rings. The van der Waals surface area contributed by atoms with Crippen LogP contribution in [0, 0.1) is 0 Å². The van der Waals surface area contributed by atoms with Gasteiger partial charge in [-0.1, -0.05) is 32.6 Å². The Balaban J connectivity index is -0.000000177. The summed E-state index contributed by atoms with van der Waals surface area (Å²) in [6, 6.07) is 0. The Morgan fingerprint density at radius 1 is 1.00 bits per heavy atom. The van der Waals surface area contributed by atoms with Crippen LogP contribution in [0.25, 0.3) is 0 Å². The molecule has 14 heavy (non-hydrogen) atoms. The number of hydrogen-bond donors (Lipinski definition) is 3. The first-order valence-electron chi connectivity index (χ1n) is 4.22. The van der Waals surface area contributed by atoms with Gasteiger partial charge in [-0.15, -0.1) is 0 Å². The summed E-state index contributed by atoms with van der Waals surface area (Å²) in [6.07, 6.45) is 6.08. The Hall–Kier alpha value is 1.47. The van der Waals surface area contributed by atoms with Crippen LogP contribution in [0.5, 0.6) is 0 Å². The summed E-state index contributed by atoms with van der Waals surface area (Å²) in [7, 11) is -4.67. The molecule has 0 saturated carbocycles. The van der Waals surface area contributed by atoms with Crippen molar-refractivity contribution in [3.63, 3.8) is 0 Å². The quantitative estimate of drug-likeness (QED) is 0.380. The molecule has 0 atom stereocenters. The molecule has 0 aliphatic rings. The number of unbranched alkanes of at least 4 members (excludes halogenated alkanes) is 4. The molecule has 5 nitrogen and oxygen atoms in total. The SMILES string of the molecule is CCCCCCCO.O=S(=O)(O)O.[KH]. The van der Waals surface area contributed by atoms with Crippen LogP contribution in [0.3, 0.4) is 0 Å². The van der Waals surface area contributed by atoms with Crippen LogP contribution in [0.4, 0.5) is 0 Å². The van der Waals surface area contributed by atoms with E-state index in [4.69, 9.17) is 22.6 Å². The predicted molar refractivity (Wildman–Crippen MR) is 57.2 cm³/mol. The molecule has 0 spiro atoms. The van der Waals surface area contributed by atoms with Gasteiger partial charge in [-0.3, -0.25) is 9.11 Å². The van der Waals surface area contributed by atoms with Crippen LogP contribution < -0.4 is 0 Å². The Labute approximate surface area is 128 Å². The second kappa shape index (κ2) is 14.5. The molecule has 0 unspecified atom stereocenters. The van der Waals surface area contributed by atoms with E-state index in [-0.39, 0.29) is 51.4 Å². The van der Waals surface area contributed by atoms with E-state index in [0.717, 1.165) is 6.42 Å². The Bertz CT molecular complexity index is 167. The number of rotatable bonds is 5. The maximum absolute atomic E-state index is 8.74. The van der Waals surface area contributed by atoms with Gasteiger partial charge in [0.25, 0.3) is 0 Å². The van der Waals surface area contributed by atoms with Gasteiger partial charge >= 0.3 is 61.8 Å². The first kappa shape index (κ1) is 20.8. The van der Waals surface area contributed by atoms with Crippen molar-refractivity contribution >= 4 is 61.8 Å². The number of aliphatic hydroxyl groups excluding tert-OH is 1. The molecule has 0 heterocycles. The van der Waals surface area contributed by atoms with Crippen LogP contribution >= 0.6 is 0 Å². The second-order valence-corrected chi connectivity index (χ2v) is 3.48. The summed E-state index contributed by atoms with van der Waals surface area (Å²) in [5.41, 5.74) is 0. The zero-order valence-corrected chi connectivity index (χ0v) is 8.63. The Morgan fingerprint density at radius 2 is 1.36 bits per heavy atom. The monoisotopic (exact) mass is 254 g/mol. The molecule has 0 saturated heterocycles. The van der Waals surface area contributed by atoms with Crippen LogP contribution in [0.1, 0.15) is 39.0 Å². The zero-order valence-electron chi connectivity index (χ0n) is 7.81. The fraction of sp³-hybridized carbons (Fsp3) is 1.00. The standard InChI is InChI=1S/C7H16O.K.H2O4S.H/c1-2-3-4-5-6-7-8;;1-5(2,3)4;/h8H,2-7H2,1H3;;(H2,1,2,3,4);. The van der Waals surface area contributed by atoms with Crippen LogP contribution in [-0.2, 0) is 10.4 Å². The van der Waals surface area contributed by atoms with E-state index < -0.39 is 10.4 Å². The van der Waals surface area contributed by atoms with Gasteiger partial charge in [0.2, 0.25) is 0 Å². The van der Waals surface area contributed by atoms with E-state index in [1.807, 2.05) is 0 Å². The van der Waals surface area contributed by atoms with E-state index in [1.165, 1.54) is 25.7 Å². The van der Waals surface area contributed by atoms with Crippen molar-refractivity contribution in [2.75, 3.05) is 6.61 Å². The average molecular weight is 254 g/mol. The summed E-state index contributed by atoms with van der Waals surface area (Å²) >= 11 is 0. The molecule has 0 aromatic carbocycles. The number of aliphatic hydroxyl groups is 1. The summed E-state index contributed by atoms with van der Waals surface area (Å²) < 4.78 is 31.6. The molecule has 0 fully saturated rings. The van der Waals surface area contributed by atoms with Gasteiger partial charge in [-0.2, -0.15) is 8.42 Å². The Morgan fingerprint density at radius 3 is 1.64 bits per heavy atom. The normalized spacial score (nSPS) is 9.71. The van der Waals surface area contributed by atoms with Gasteiger partial charge in [-0.05, 0) is 6.42 Å². The molecular weight excluding hydrogens is 235 g/mol. The van der Waals surface area contributed by atoms with Crippen LogP contribution in [0.2, 0.25) is 0 Å². The summed E-state index contributed by atoms with van der Waals surface area (Å²) in [5.74, 6) is 0. The van der Waals surface area contributed by atoms with Gasteiger partial charge in [0, 0.05) is 6.61 Å². The second-order valence-electron chi connectivity index (χ2n) is 2.59. The van der Waals surface area contributed by atoms with Crippen molar-refractivity contribution in [1.82, 2.24) is 0 Å². The molecule has 7 heteroatoms. The molecular formula is C7H19KO5S. The average Bonchev–Trinajstić information content (AvgIpc) is 1.95. The van der Waals surface area contributed by atoms with E-state index in [1.54, 1.807) is 0 Å². The molecule has 0 radical (unpaired) electrons. The molecule has 0 rings (SSSR count). The molecule has 0 aromatic heterocycles. The topological polar surface area (TPSA) is 94.8 Å². The van der Waals surface area contributed by atoms with Crippen molar-refractivity contribution in [1.29, 1.82) is 0 Å². The predicted octanol–water partition coefficient (Wildman–Crippen LogP) is 0.648. The van der Waals surface area contributed by atoms with Gasteiger partial charge < -0.3 is 5.11 Å². The molecule has 84 valence electrons. The third kappa shape index (κ3) is 50.1. The summed E-state index contributed by atoms with van der Waals surface area (Å²) in [6.45, 7) is 2.56. The fourth-order valence-corrected chi connectivity index (χ4v) is 0.715. The minimum absolute atomic E-state index is 0. The molecule has 0 bridgehead atoms. The Kier molecular flexibility index (Phi) is 21.5. The van der Waals surface area contributed by atoms with E-state index in [2.05, 4.69) is 6.92 Å². The van der Waals surface area contributed by atoms with Gasteiger partial charge in [0.15, 0.2) is 0 Å². The molecule has 0 aliphatic heterocycles. The van der Waals surface area contributed by atoms with Gasteiger partial charge in [0.05, 0.1) is 0 Å². The third-order valence-corrected chi connectivity index (χ3v) is 1.26. The summed E-state index contributed by atoms with van der Waals surface area (Å²) in [4.78, 5) is 0. The zero-order chi connectivity index (χ0) is 10.7. The molecule has 3 N–H and O–H groups in total. The first-order valence-corrected chi connectivity index (χ1v) is 5.62. The van der Waals surface area contributed by atoms with Crippen molar-refractivity contribution in [3.8, 4) is 0 Å². The van der Waals surface area contributed by atoms with Gasteiger partial charge in [-0.25, -0.2) is 0 Å². The van der Waals surface area contributed by atoms with Gasteiger partial charge in [0.1, 0.15) is 0 Å². The maximum atomic E-state index is 8.74. The fourth-order valence-electron chi connectivity index (χ4n) is 0.715. The molecule has 0 aliphatic carbocycles. The van der Waals surface area contributed by atoms with Crippen molar-refractivity contribution in [3.05, 3.63) is 0 Å². The molecule has 0 amide bonds. The van der Waals surface area contributed by atoms with E-state index >= 15 is 0 Å². The van der Waals surface area contributed by atoms with E-state index in [0.29, 0.717) is 6.61 Å². The van der Waals surface area contributed by atoms with Crippen molar-refractivity contribution < 1.29 is 22.6 Å². The summed E-state index contributed by atoms with van der Waals surface area (Å²) in [5, 5.41) is 8.37. The first-order chi connectivity index (χ1) is 5.91. The van der Waals surface area contributed by atoms with Crippen LogP contribution in [-0.4, -0.2) is 80.6 Å². The number of hydrogen-bond acceptors (Lipinski definition) is 3. The van der Waals surface area contributed by atoms with Crippen LogP contribution in [0.15, 0.2) is 0 Å². The third-order valence-electron chi connectivity index (χ3n) is 1.26. The van der Waals surface area contributed by atoms with Crippen molar-refractivity contribution in [2.45, 2.75) is 39.0 Å².